The molecule has 2 aromatic rings. The topological polar surface area (TPSA) is 149 Å². The molecule has 0 aromatic heterocycles. The van der Waals surface area contributed by atoms with Gasteiger partial charge in [0.1, 0.15) is 30.7 Å². The third kappa shape index (κ3) is 6.73. The summed E-state index contributed by atoms with van der Waals surface area (Å²) in [6, 6.07) is 12.5. The number of ether oxygens (including phenoxy) is 4. The van der Waals surface area contributed by atoms with Crippen LogP contribution in [0.1, 0.15) is 29.8 Å². The van der Waals surface area contributed by atoms with Crippen LogP contribution in [0.5, 0.6) is 5.75 Å². The van der Waals surface area contributed by atoms with E-state index >= 15 is 0 Å². The third-order valence-corrected chi connectivity index (χ3v) is 5.71. The maximum atomic E-state index is 12.8. The van der Waals surface area contributed by atoms with Crippen molar-refractivity contribution in [1.82, 2.24) is 0 Å². The highest BCUT2D eigenvalue weighted by Crippen LogP contribution is 2.27. The summed E-state index contributed by atoms with van der Waals surface area (Å²) in [4.78, 5) is 37.6. The summed E-state index contributed by atoms with van der Waals surface area (Å²) in [6.45, 7) is 5.99. The van der Waals surface area contributed by atoms with E-state index in [1.165, 1.54) is 44.2 Å². The Bertz CT molecular complexity index is 1130. The first kappa shape index (κ1) is 28.3. The molecule has 0 aliphatic carbocycles. The first-order valence-electron chi connectivity index (χ1n) is 11.2. The van der Waals surface area contributed by atoms with Gasteiger partial charge in [-0.25, -0.2) is 9.59 Å². The number of hydrogen-bond donors (Lipinski definition) is 3. The van der Waals surface area contributed by atoms with Crippen molar-refractivity contribution in [1.29, 1.82) is 0 Å². The molecule has 1 aliphatic heterocycles. The number of benzene rings is 2. The molecule has 1 heterocycles. The third-order valence-electron chi connectivity index (χ3n) is 5.46. The van der Waals surface area contributed by atoms with Gasteiger partial charge in [-0.3, -0.25) is 4.79 Å². The average molecular weight is 535 g/mol. The number of carbonyl (C=O) groups excluding carboxylic acids is 3. The van der Waals surface area contributed by atoms with Crippen LogP contribution in [-0.2, 0) is 23.8 Å². The quantitative estimate of drug-likeness (QED) is 0.247. The van der Waals surface area contributed by atoms with E-state index in [-0.39, 0.29) is 18.1 Å². The Kier molecular flexibility index (Phi) is 9.06. The highest BCUT2D eigenvalue weighted by atomic mass is 35.5. The summed E-state index contributed by atoms with van der Waals surface area (Å²) >= 11 is 5.86. The molecule has 1 fully saturated rings. The number of carbonyl (C=O) groups is 3. The van der Waals surface area contributed by atoms with E-state index in [4.69, 9.17) is 30.5 Å². The fourth-order valence-electron chi connectivity index (χ4n) is 3.39. The SMILES string of the molecule is C=CCOC(=O)[C@H]1O[C@@H](OC(=O)C(C)(C)Oc2ccc(C(=O)c3ccc(Cl)cc3)cc2)[C@@H](O)[C@@H](O)[C@@H]1O. The van der Waals surface area contributed by atoms with E-state index in [2.05, 4.69) is 6.58 Å². The predicted molar refractivity (Wildman–Crippen MR) is 130 cm³/mol. The molecule has 0 amide bonds. The van der Waals surface area contributed by atoms with Crippen molar-refractivity contribution in [2.24, 2.45) is 0 Å². The Morgan fingerprint density at radius 1 is 0.973 bits per heavy atom. The molecule has 0 unspecified atom stereocenters. The average Bonchev–Trinajstić information content (AvgIpc) is 2.87. The molecule has 0 spiro atoms. The number of aliphatic hydroxyl groups excluding tert-OH is 3. The molecular weight excluding hydrogens is 508 g/mol. The first-order valence-corrected chi connectivity index (χ1v) is 11.6. The lowest BCUT2D eigenvalue weighted by Gasteiger charge is -2.39. The zero-order valence-corrected chi connectivity index (χ0v) is 20.8. The highest BCUT2D eigenvalue weighted by Gasteiger charge is 2.50. The predicted octanol–water partition coefficient (Wildman–Crippen LogP) is 1.81. The summed E-state index contributed by atoms with van der Waals surface area (Å²) in [5.74, 6) is -2.03. The highest BCUT2D eigenvalue weighted by molar-refractivity contribution is 6.30. The van der Waals surface area contributed by atoms with Gasteiger partial charge in [0.25, 0.3) is 0 Å². The smallest absolute Gasteiger partial charge is 0.352 e. The van der Waals surface area contributed by atoms with Crippen LogP contribution in [0.3, 0.4) is 0 Å². The lowest BCUT2D eigenvalue weighted by Crippen LogP contribution is -2.61. The lowest BCUT2D eigenvalue weighted by atomic mass is 9.99. The Labute approximate surface area is 218 Å². The number of halogens is 1. The summed E-state index contributed by atoms with van der Waals surface area (Å²) in [5, 5.41) is 30.9. The van der Waals surface area contributed by atoms with Gasteiger partial charge < -0.3 is 34.3 Å². The summed E-state index contributed by atoms with van der Waals surface area (Å²) < 4.78 is 20.9. The zero-order valence-electron chi connectivity index (χ0n) is 20.1. The van der Waals surface area contributed by atoms with Gasteiger partial charge in [0.05, 0.1) is 0 Å². The molecule has 5 atom stereocenters. The van der Waals surface area contributed by atoms with Crippen LogP contribution < -0.4 is 4.74 Å². The minimum absolute atomic E-state index is 0.181. The van der Waals surface area contributed by atoms with E-state index in [9.17, 15) is 29.7 Å². The normalized spacial score (nSPS) is 23.6. The fraction of sp³-hybridized carbons (Fsp3) is 0.346. The van der Waals surface area contributed by atoms with Crippen molar-refractivity contribution in [3.63, 3.8) is 0 Å². The van der Waals surface area contributed by atoms with Crippen LogP contribution >= 0.6 is 11.6 Å². The van der Waals surface area contributed by atoms with Gasteiger partial charge in [0, 0.05) is 16.1 Å². The molecule has 11 heteroatoms. The standard InChI is InChI=1S/C26H27ClO10/c1-4-13-34-23(32)22-20(30)19(29)21(31)24(35-22)36-25(33)26(2,3)37-17-11-7-15(8-12-17)18(28)14-5-9-16(27)10-6-14/h4-12,19-22,24,29-31H,1,13H2,2-3H3/t19-,20-,21-,22-,24-/m0/s1. The molecule has 0 bridgehead atoms. The number of hydrogen-bond acceptors (Lipinski definition) is 10. The van der Waals surface area contributed by atoms with Crippen molar-refractivity contribution in [2.45, 2.75) is 50.2 Å². The minimum atomic E-state index is -1.86. The Hall–Kier alpha value is -3.28. The Morgan fingerprint density at radius 2 is 1.54 bits per heavy atom. The molecule has 1 aliphatic rings. The van der Waals surface area contributed by atoms with Gasteiger partial charge in [-0.1, -0.05) is 24.3 Å². The van der Waals surface area contributed by atoms with Crippen LogP contribution in [0.2, 0.25) is 5.02 Å². The fourth-order valence-corrected chi connectivity index (χ4v) is 3.52. The summed E-state index contributed by atoms with van der Waals surface area (Å²) in [5.41, 5.74) is -0.785. The molecular formula is C26H27ClO10. The number of rotatable bonds is 9. The second-order valence-corrected chi connectivity index (χ2v) is 9.13. The molecule has 3 rings (SSSR count). The van der Waals surface area contributed by atoms with Crippen LogP contribution in [0, 0.1) is 0 Å². The van der Waals surface area contributed by atoms with E-state index in [0.29, 0.717) is 16.1 Å². The molecule has 0 radical (unpaired) electrons. The second kappa shape index (κ2) is 11.8. The lowest BCUT2D eigenvalue weighted by molar-refractivity contribution is -0.290. The van der Waals surface area contributed by atoms with Crippen molar-refractivity contribution in [3.05, 3.63) is 77.3 Å². The molecule has 10 nitrogen and oxygen atoms in total. The number of esters is 2. The van der Waals surface area contributed by atoms with Gasteiger partial charge in [0.15, 0.2) is 17.5 Å². The van der Waals surface area contributed by atoms with Crippen LogP contribution in [0.15, 0.2) is 61.2 Å². The van der Waals surface area contributed by atoms with Gasteiger partial charge in [-0.15, -0.1) is 0 Å². The van der Waals surface area contributed by atoms with Crippen molar-refractivity contribution in [3.8, 4) is 5.75 Å². The van der Waals surface area contributed by atoms with Crippen LogP contribution in [0.4, 0.5) is 0 Å². The Balaban J connectivity index is 1.66. The maximum Gasteiger partial charge on any atom is 0.352 e. The van der Waals surface area contributed by atoms with E-state index in [1.54, 1.807) is 24.3 Å². The summed E-state index contributed by atoms with van der Waals surface area (Å²) in [6.07, 6.45) is -7.75. The summed E-state index contributed by atoms with van der Waals surface area (Å²) in [7, 11) is 0. The first-order chi connectivity index (χ1) is 17.4. The zero-order chi connectivity index (χ0) is 27.3. The van der Waals surface area contributed by atoms with E-state index in [0.717, 1.165) is 0 Å². The molecule has 3 N–H and O–H groups in total. The van der Waals surface area contributed by atoms with Gasteiger partial charge in [-0.05, 0) is 62.4 Å². The van der Waals surface area contributed by atoms with Gasteiger partial charge in [0.2, 0.25) is 6.29 Å². The van der Waals surface area contributed by atoms with Crippen molar-refractivity contribution in [2.75, 3.05) is 6.61 Å². The molecule has 37 heavy (non-hydrogen) atoms. The number of ketones is 1. The number of aliphatic hydroxyl groups is 3. The maximum absolute atomic E-state index is 12.8. The molecule has 1 saturated heterocycles. The van der Waals surface area contributed by atoms with Gasteiger partial charge >= 0.3 is 11.9 Å². The van der Waals surface area contributed by atoms with Crippen LogP contribution in [0.25, 0.3) is 0 Å². The van der Waals surface area contributed by atoms with Crippen molar-refractivity contribution >= 4 is 29.3 Å². The Morgan fingerprint density at radius 3 is 2.11 bits per heavy atom. The molecule has 198 valence electrons. The second-order valence-electron chi connectivity index (χ2n) is 8.69. The monoisotopic (exact) mass is 534 g/mol. The largest absolute Gasteiger partial charge is 0.476 e. The molecule has 2 aromatic carbocycles. The molecule has 0 saturated carbocycles. The minimum Gasteiger partial charge on any atom is -0.476 e. The van der Waals surface area contributed by atoms with E-state index in [1.807, 2.05) is 0 Å². The van der Waals surface area contributed by atoms with Crippen molar-refractivity contribution < 1.29 is 48.7 Å². The van der Waals surface area contributed by atoms with Gasteiger partial charge in [-0.2, -0.15) is 0 Å². The van der Waals surface area contributed by atoms with Crippen LogP contribution in [-0.4, -0.2) is 76.0 Å². The van der Waals surface area contributed by atoms with E-state index < -0.39 is 48.2 Å².